The van der Waals surface area contributed by atoms with Gasteiger partial charge in [-0.25, -0.2) is 0 Å². The molecule has 11 nitrogen and oxygen atoms in total. The Morgan fingerprint density at radius 2 is 1.68 bits per heavy atom. The number of rotatable bonds is 11. The number of phenolic OH excluding ortho intramolecular Hbond substituents is 1. The van der Waals surface area contributed by atoms with Crippen molar-refractivity contribution in [1.82, 2.24) is 9.91 Å². The zero-order valence-corrected chi connectivity index (χ0v) is 31.9. The number of aliphatic carboxylic acids is 1. The van der Waals surface area contributed by atoms with Gasteiger partial charge in [0.2, 0.25) is 11.8 Å². The van der Waals surface area contributed by atoms with E-state index in [2.05, 4.69) is 5.43 Å². The van der Waals surface area contributed by atoms with Crippen molar-refractivity contribution in [3.05, 3.63) is 112 Å². The Morgan fingerprint density at radius 3 is 2.41 bits per heavy atom. The van der Waals surface area contributed by atoms with Crippen LogP contribution < -0.4 is 10.2 Å². The number of carbonyl (C=O) groups is 5. The van der Waals surface area contributed by atoms with E-state index in [0.717, 1.165) is 10.4 Å². The fourth-order valence-electron chi connectivity index (χ4n) is 9.70. The molecule has 4 aromatic carbocycles. The Hall–Kier alpha value is -5.39. The van der Waals surface area contributed by atoms with E-state index in [1.165, 1.54) is 18.1 Å². The molecule has 4 amide bonds. The molecule has 2 aliphatic carbocycles. The maximum absolute atomic E-state index is 15.5. The number of carbonyl (C=O) groups excluding carboxylic acids is 4. The molecule has 0 spiro atoms. The summed E-state index contributed by atoms with van der Waals surface area (Å²) in [5.41, 5.74) is 3.28. The number of aromatic hydroxyl groups is 1. The summed E-state index contributed by atoms with van der Waals surface area (Å²) in [6.07, 6.45) is 3.69. The molecule has 2 saturated heterocycles. The SMILES string of the molecule is COc1ccc([C@@]23C(=O)N(Nc4ccc(Cl)cc4Cl)C(=O)[C@@H]2C[C@@H]2C(=CC[C@@H]4C(=O)N(CCCCCC(=O)O)C(=O)[C@@H]42)[C@@H]3c2ccc3ccccc3c2O)cc1. The normalized spacial score (nSPS) is 25.6. The van der Waals surface area contributed by atoms with Gasteiger partial charge in [-0.1, -0.05) is 89.8 Å². The molecule has 3 fully saturated rings. The summed E-state index contributed by atoms with van der Waals surface area (Å²) >= 11 is 12.7. The van der Waals surface area contributed by atoms with Crippen LogP contribution >= 0.6 is 23.2 Å². The molecule has 2 heterocycles. The van der Waals surface area contributed by atoms with Gasteiger partial charge in [-0.05, 0) is 72.9 Å². The maximum Gasteiger partial charge on any atom is 0.303 e. The van der Waals surface area contributed by atoms with Gasteiger partial charge in [0, 0.05) is 34.9 Å². The Balaban J connectivity index is 1.29. The summed E-state index contributed by atoms with van der Waals surface area (Å²) < 4.78 is 5.48. The second-order valence-corrected chi connectivity index (χ2v) is 15.8. The highest BCUT2D eigenvalue weighted by Crippen LogP contribution is 2.65. The molecular weight excluding hydrogens is 757 g/mol. The molecule has 4 aliphatic rings. The molecule has 0 aromatic heterocycles. The number of likely N-dealkylation sites (tertiary alicyclic amines) is 1. The van der Waals surface area contributed by atoms with Crippen LogP contribution in [0.5, 0.6) is 11.5 Å². The molecule has 2 aliphatic heterocycles. The summed E-state index contributed by atoms with van der Waals surface area (Å²) in [5, 5.41) is 24.1. The van der Waals surface area contributed by atoms with E-state index < -0.39 is 52.8 Å². The number of nitrogens with one attached hydrogen (secondary N) is 1. The maximum atomic E-state index is 15.5. The third-order valence-electron chi connectivity index (χ3n) is 12.2. The molecule has 0 radical (unpaired) electrons. The molecule has 3 N–H and O–H groups in total. The van der Waals surface area contributed by atoms with Crippen LogP contribution in [-0.2, 0) is 29.4 Å². The van der Waals surface area contributed by atoms with Gasteiger partial charge in [0.15, 0.2) is 0 Å². The monoisotopic (exact) mass is 795 g/mol. The summed E-state index contributed by atoms with van der Waals surface area (Å²) in [4.78, 5) is 71.2. The van der Waals surface area contributed by atoms with Crippen molar-refractivity contribution in [2.75, 3.05) is 19.1 Å². The zero-order valence-electron chi connectivity index (χ0n) is 30.4. The largest absolute Gasteiger partial charge is 0.507 e. The summed E-state index contributed by atoms with van der Waals surface area (Å²) in [6, 6.07) is 22.7. The number of unbranched alkanes of at least 4 members (excludes halogenated alkanes) is 2. The van der Waals surface area contributed by atoms with E-state index in [9.17, 15) is 24.3 Å². The van der Waals surface area contributed by atoms with Gasteiger partial charge in [0.25, 0.3) is 11.8 Å². The highest BCUT2D eigenvalue weighted by atomic mass is 35.5. The Kier molecular flexibility index (Phi) is 9.78. The number of allylic oxidation sites excluding steroid dienone is 2. The van der Waals surface area contributed by atoms with Gasteiger partial charge in [-0.3, -0.25) is 34.3 Å². The van der Waals surface area contributed by atoms with Crippen LogP contribution in [0, 0.1) is 23.7 Å². The lowest BCUT2D eigenvalue weighted by Gasteiger charge is -2.50. The third kappa shape index (κ3) is 5.90. The number of carboxylic acids is 1. The number of benzene rings is 4. The molecule has 1 saturated carbocycles. The van der Waals surface area contributed by atoms with E-state index in [1.807, 2.05) is 30.3 Å². The lowest BCUT2D eigenvalue weighted by molar-refractivity contribution is -0.141. The van der Waals surface area contributed by atoms with Crippen LogP contribution in [0.2, 0.25) is 10.0 Å². The minimum Gasteiger partial charge on any atom is -0.507 e. The predicted molar refractivity (Wildman–Crippen MR) is 209 cm³/mol. The molecule has 4 aromatic rings. The molecule has 6 atom stereocenters. The zero-order chi connectivity index (χ0) is 39.5. The Bertz CT molecular complexity index is 2330. The van der Waals surface area contributed by atoms with Crippen molar-refractivity contribution in [3.63, 3.8) is 0 Å². The molecule has 8 rings (SSSR count). The fourth-order valence-corrected chi connectivity index (χ4v) is 10.2. The van der Waals surface area contributed by atoms with Crippen LogP contribution in [-0.4, -0.2) is 63.4 Å². The Labute approximate surface area is 332 Å². The molecular formula is C43H39Cl2N3O8. The van der Waals surface area contributed by atoms with Crippen LogP contribution in [0.3, 0.4) is 0 Å². The second-order valence-electron chi connectivity index (χ2n) is 15.0. The van der Waals surface area contributed by atoms with Crippen molar-refractivity contribution >= 4 is 69.3 Å². The number of imide groups is 2. The van der Waals surface area contributed by atoms with Gasteiger partial charge < -0.3 is 14.9 Å². The number of halogens is 2. The number of phenols is 1. The van der Waals surface area contributed by atoms with Crippen molar-refractivity contribution < 1.29 is 38.9 Å². The minimum absolute atomic E-state index is 0.00564. The summed E-state index contributed by atoms with van der Waals surface area (Å²) in [7, 11) is 1.53. The van der Waals surface area contributed by atoms with Crippen molar-refractivity contribution in [2.24, 2.45) is 23.7 Å². The smallest absolute Gasteiger partial charge is 0.303 e. The highest BCUT2D eigenvalue weighted by molar-refractivity contribution is 6.36. The van der Waals surface area contributed by atoms with Crippen molar-refractivity contribution in [1.29, 1.82) is 0 Å². The Morgan fingerprint density at radius 1 is 0.911 bits per heavy atom. The molecule has 56 heavy (non-hydrogen) atoms. The number of nitrogens with zero attached hydrogens (tertiary/aromatic N) is 2. The van der Waals surface area contributed by atoms with Crippen LogP contribution in [0.25, 0.3) is 10.8 Å². The lowest BCUT2D eigenvalue weighted by Crippen LogP contribution is -2.53. The molecule has 288 valence electrons. The van der Waals surface area contributed by atoms with E-state index >= 15 is 4.79 Å². The van der Waals surface area contributed by atoms with E-state index in [0.29, 0.717) is 52.1 Å². The first-order valence-corrected chi connectivity index (χ1v) is 19.4. The predicted octanol–water partition coefficient (Wildman–Crippen LogP) is 7.49. The topological polar surface area (TPSA) is 154 Å². The number of hydrogen-bond acceptors (Lipinski definition) is 8. The van der Waals surface area contributed by atoms with E-state index in [4.69, 9.17) is 33.0 Å². The van der Waals surface area contributed by atoms with Gasteiger partial charge in [-0.2, -0.15) is 5.01 Å². The van der Waals surface area contributed by atoms with E-state index in [-0.39, 0.29) is 54.1 Å². The number of carboxylic acid groups (broad SMARTS) is 1. The fraction of sp³-hybridized carbons (Fsp3) is 0.326. The number of amides is 4. The number of ether oxygens (including phenoxy) is 1. The quantitative estimate of drug-likeness (QED) is 0.0796. The molecule has 0 unspecified atom stereocenters. The number of hydrogen-bond donors (Lipinski definition) is 3. The first kappa shape index (κ1) is 37.5. The molecule has 13 heteroatoms. The van der Waals surface area contributed by atoms with Gasteiger partial charge in [-0.15, -0.1) is 0 Å². The number of fused-ring (bicyclic) bond motifs is 5. The minimum atomic E-state index is -1.63. The standard InChI is InChI=1S/C43H39Cl2N3O8/c1-56-26-14-11-24(12-15-26)43-32(40(53)48(42(43)55)46-34-19-13-25(44)21-33(34)45)22-31-28(37(43)30-16-10-23-7-4-5-8-27(23)38(30)51)17-18-29-36(31)41(54)47(39(29)52)20-6-2-3-9-35(49)50/h4-5,7-8,10-17,19,21,29,31-32,36-37,46,51H,2-3,6,9,18,20,22H2,1H3,(H,49,50)/t29-,31+,32-,36-,37+,43+/m0/s1. The number of anilines is 1. The van der Waals surface area contributed by atoms with Crippen molar-refractivity contribution in [3.8, 4) is 11.5 Å². The summed E-state index contributed by atoms with van der Waals surface area (Å²) in [5.74, 6) is -6.23. The average molecular weight is 797 g/mol. The summed E-state index contributed by atoms with van der Waals surface area (Å²) in [6.45, 7) is 0.164. The van der Waals surface area contributed by atoms with E-state index in [1.54, 1.807) is 48.5 Å². The molecule has 0 bridgehead atoms. The van der Waals surface area contributed by atoms with Gasteiger partial charge >= 0.3 is 5.97 Å². The highest BCUT2D eigenvalue weighted by Gasteiger charge is 2.70. The average Bonchev–Trinajstić information content (AvgIpc) is 3.56. The third-order valence-corrected chi connectivity index (χ3v) is 12.7. The van der Waals surface area contributed by atoms with Crippen LogP contribution in [0.1, 0.15) is 55.6 Å². The van der Waals surface area contributed by atoms with Crippen LogP contribution in [0.15, 0.2) is 90.5 Å². The first-order chi connectivity index (χ1) is 27.0. The second kappa shape index (κ2) is 14.6. The first-order valence-electron chi connectivity index (χ1n) is 18.7. The van der Waals surface area contributed by atoms with Crippen LogP contribution in [0.4, 0.5) is 5.69 Å². The lowest BCUT2D eigenvalue weighted by atomic mass is 9.49. The van der Waals surface area contributed by atoms with Crippen molar-refractivity contribution in [2.45, 2.75) is 49.9 Å². The van der Waals surface area contributed by atoms with Gasteiger partial charge in [0.1, 0.15) is 11.5 Å². The van der Waals surface area contributed by atoms with Gasteiger partial charge in [0.05, 0.1) is 41.0 Å². The number of methoxy groups -OCH3 is 1. The number of hydrazine groups is 1.